The molecule has 2 nitrogen and oxygen atoms in total. The highest BCUT2D eigenvalue weighted by Crippen LogP contribution is 2.35. The molecule has 0 aromatic carbocycles. The van der Waals surface area contributed by atoms with Crippen molar-refractivity contribution in [3.8, 4) is 0 Å². The molecule has 0 rings (SSSR count). The molecule has 0 atom stereocenters. The highest BCUT2D eigenvalue weighted by molar-refractivity contribution is 8.15. The SMILES string of the molecule is CC(C)C(=O)SC(C)(C)CSC(C)(C)CO. The van der Waals surface area contributed by atoms with Gasteiger partial charge in [-0.25, -0.2) is 0 Å². The number of hydrogen-bond donors (Lipinski definition) is 1. The van der Waals surface area contributed by atoms with Crippen LogP contribution in [0.1, 0.15) is 41.5 Å². The largest absolute Gasteiger partial charge is 0.395 e. The maximum atomic E-state index is 11.7. The summed E-state index contributed by atoms with van der Waals surface area (Å²) in [5.41, 5.74) is 0. The summed E-state index contributed by atoms with van der Waals surface area (Å²) in [7, 11) is 0. The number of thioether (sulfide) groups is 2. The summed E-state index contributed by atoms with van der Waals surface area (Å²) in [5.74, 6) is 0.948. The van der Waals surface area contributed by atoms with Crippen LogP contribution in [0.15, 0.2) is 0 Å². The number of hydrogen-bond acceptors (Lipinski definition) is 4. The Morgan fingerprint density at radius 3 is 2.06 bits per heavy atom. The molecule has 16 heavy (non-hydrogen) atoms. The van der Waals surface area contributed by atoms with Gasteiger partial charge in [-0.15, -0.1) is 0 Å². The molecule has 0 aromatic heterocycles. The third-order valence-electron chi connectivity index (χ3n) is 2.04. The molecule has 0 unspecified atom stereocenters. The standard InChI is InChI=1S/C12H24O2S2/c1-9(2)10(14)16-12(5,6)8-15-11(3,4)7-13/h9,13H,7-8H2,1-6H3. The molecule has 0 radical (unpaired) electrons. The van der Waals surface area contributed by atoms with E-state index in [-0.39, 0.29) is 27.1 Å². The van der Waals surface area contributed by atoms with Gasteiger partial charge in [-0.1, -0.05) is 25.6 Å². The Hall–Kier alpha value is 0.330. The van der Waals surface area contributed by atoms with Gasteiger partial charge in [0.15, 0.2) is 5.12 Å². The van der Waals surface area contributed by atoms with Crippen molar-refractivity contribution in [1.82, 2.24) is 0 Å². The molecule has 0 spiro atoms. The maximum absolute atomic E-state index is 11.7. The van der Waals surface area contributed by atoms with Crippen molar-refractivity contribution in [3.05, 3.63) is 0 Å². The molecule has 0 aliphatic heterocycles. The van der Waals surface area contributed by atoms with Gasteiger partial charge in [0.05, 0.1) is 6.61 Å². The third-order valence-corrected chi connectivity index (χ3v) is 5.37. The van der Waals surface area contributed by atoms with Crippen LogP contribution in [0.5, 0.6) is 0 Å². The molecule has 0 amide bonds. The van der Waals surface area contributed by atoms with Crippen molar-refractivity contribution in [2.75, 3.05) is 12.4 Å². The van der Waals surface area contributed by atoms with E-state index in [0.717, 1.165) is 5.75 Å². The molecule has 96 valence electrons. The number of aliphatic hydroxyl groups is 1. The lowest BCUT2D eigenvalue weighted by Crippen LogP contribution is -2.28. The first-order chi connectivity index (χ1) is 7.09. The molecule has 0 heterocycles. The summed E-state index contributed by atoms with van der Waals surface area (Å²) in [6.45, 7) is 12.2. The summed E-state index contributed by atoms with van der Waals surface area (Å²) in [4.78, 5) is 11.7. The van der Waals surface area contributed by atoms with E-state index in [1.54, 1.807) is 11.8 Å². The Morgan fingerprint density at radius 1 is 1.19 bits per heavy atom. The zero-order valence-corrected chi connectivity index (χ0v) is 12.8. The monoisotopic (exact) mass is 264 g/mol. The summed E-state index contributed by atoms with van der Waals surface area (Å²) in [5, 5.41) is 9.41. The second kappa shape index (κ2) is 6.31. The van der Waals surface area contributed by atoms with E-state index in [9.17, 15) is 4.79 Å². The molecule has 4 heteroatoms. The Balaban J connectivity index is 4.20. The van der Waals surface area contributed by atoms with E-state index in [4.69, 9.17) is 5.11 Å². The van der Waals surface area contributed by atoms with Gasteiger partial charge in [-0.05, 0) is 27.7 Å². The Bertz CT molecular complexity index is 235. The van der Waals surface area contributed by atoms with Gasteiger partial charge < -0.3 is 5.11 Å². The maximum Gasteiger partial charge on any atom is 0.192 e. The summed E-state index contributed by atoms with van der Waals surface area (Å²) >= 11 is 3.14. The van der Waals surface area contributed by atoms with Crippen molar-refractivity contribution in [3.63, 3.8) is 0 Å². The Kier molecular flexibility index (Phi) is 6.44. The normalized spacial score (nSPS) is 13.2. The molecule has 0 saturated heterocycles. The van der Waals surface area contributed by atoms with E-state index >= 15 is 0 Å². The molecule has 0 aliphatic carbocycles. The van der Waals surface area contributed by atoms with Crippen molar-refractivity contribution >= 4 is 28.6 Å². The highest BCUT2D eigenvalue weighted by atomic mass is 32.2. The fourth-order valence-electron chi connectivity index (χ4n) is 0.834. The van der Waals surface area contributed by atoms with Gasteiger partial charge in [0.2, 0.25) is 0 Å². The lowest BCUT2D eigenvalue weighted by molar-refractivity contribution is -0.113. The zero-order chi connectivity index (χ0) is 13.0. The quantitative estimate of drug-likeness (QED) is 0.799. The molecule has 0 aliphatic rings. The van der Waals surface area contributed by atoms with E-state index < -0.39 is 0 Å². The Morgan fingerprint density at radius 2 is 1.69 bits per heavy atom. The fraction of sp³-hybridized carbons (Fsp3) is 0.917. The van der Waals surface area contributed by atoms with Crippen LogP contribution in [0.25, 0.3) is 0 Å². The molecule has 0 aromatic rings. The highest BCUT2D eigenvalue weighted by Gasteiger charge is 2.28. The van der Waals surface area contributed by atoms with Gasteiger partial charge in [0, 0.05) is 21.2 Å². The second-order valence-electron chi connectivity index (χ2n) is 5.54. The zero-order valence-electron chi connectivity index (χ0n) is 11.2. The number of aliphatic hydroxyl groups excluding tert-OH is 1. The van der Waals surface area contributed by atoms with Crippen molar-refractivity contribution in [1.29, 1.82) is 0 Å². The summed E-state index contributed by atoms with van der Waals surface area (Å²) < 4.78 is -0.197. The molecule has 0 fully saturated rings. The van der Waals surface area contributed by atoms with Crippen LogP contribution >= 0.6 is 23.5 Å². The number of carbonyl (C=O) groups is 1. The molecular formula is C12H24O2S2. The van der Waals surface area contributed by atoms with Crippen LogP contribution in [0.4, 0.5) is 0 Å². The van der Waals surface area contributed by atoms with E-state index in [0.29, 0.717) is 0 Å². The Labute approximate surface area is 108 Å². The van der Waals surface area contributed by atoms with Gasteiger partial charge >= 0.3 is 0 Å². The topological polar surface area (TPSA) is 37.3 Å². The van der Waals surface area contributed by atoms with Crippen LogP contribution in [0, 0.1) is 5.92 Å². The first-order valence-corrected chi connectivity index (χ1v) is 7.37. The van der Waals surface area contributed by atoms with E-state index in [2.05, 4.69) is 13.8 Å². The smallest absolute Gasteiger partial charge is 0.192 e. The first kappa shape index (κ1) is 16.3. The molecule has 1 N–H and O–H groups in total. The van der Waals surface area contributed by atoms with Crippen LogP contribution in [0.2, 0.25) is 0 Å². The molecule has 0 bridgehead atoms. The van der Waals surface area contributed by atoms with E-state index in [1.807, 2.05) is 27.7 Å². The van der Waals surface area contributed by atoms with Crippen molar-refractivity contribution < 1.29 is 9.90 Å². The minimum Gasteiger partial charge on any atom is -0.395 e. The van der Waals surface area contributed by atoms with Crippen LogP contribution in [-0.4, -0.2) is 32.1 Å². The van der Waals surface area contributed by atoms with Crippen molar-refractivity contribution in [2.24, 2.45) is 5.92 Å². The first-order valence-electron chi connectivity index (χ1n) is 5.57. The fourth-order valence-corrected chi connectivity index (χ4v) is 2.86. The summed E-state index contributed by atoms with van der Waals surface area (Å²) in [6, 6.07) is 0. The predicted molar refractivity (Wildman–Crippen MR) is 75.1 cm³/mol. The van der Waals surface area contributed by atoms with Gasteiger partial charge in [0.1, 0.15) is 0 Å². The predicted octanol–water partition coefficient (Wildman–Crippen LogP) is 3.18. The summed E-state index contributed by atoms with van der Waals surface area (Å²) in [6.07, 6.45) is 0. The van der Waals surface area contributed by atoms with Crippen LogP contribution in [0.3, 0.4) is 0 Å². The molecule has 0 saturated carbocycles. The van der Waals surface area contributed by atoms with Gasteiger partial charge in [-0.3, -0.25) is 4.79 Å². The minimum atomic E-state index is -0.126. The lowest BCUT2D eigenvalue weighted by atomic mass is 10.2. The van der Waals surface area contributed by atoms with Gasteiger partial charge in [-0.2, -0.15) is 11.8 Å². The average molecular weight is 264 g/mol. The van der Waals surface area contributed by atoms with Crippen molar-refractivity contribution in [2.45, 2.75) is 51.0 Å². The second-order valence-corrected chi connectivity index (χ2v) is 8.94. The van der Waals surface area contributed by atoms with Crippen LogP contribution in [-0.2, 0) is 4.79 Å². The lowest BCUT2D eigenvalue weighted by Gasteiger charge is -2.29. The number of carbonyl (C=O) groups excluding carboxylic acids is 1. The van der Waals surface area contributed by atoms with Crippen LogP contribution < -0.4 is 0 Å². The third kappa shape index (κ3) is 6.81. The minimum absolute atomic E-state index is 0.0710. The average Bonchev–Trinajstić information content (AvgIpc) is 2.14. The number of rotatable bonds is 6. The van der Waals surface area contributed by atoms with E-state index in [1.165, 1.54) is 11.8 Å². The molecular weight excluding hydrogens is 240 g/mol. The van der Waals surface area contributed by atoms with Gasteiger partial charge in [0.25, 0.3) is 0 Å².